The van der Waals surface area contributed by atoms with Crippen molar-refractivity contribution >= 4 is 12.1 Å². The van der Waals surface area contributed by atoms with Crippen LogP contribution >= 0.6 is 0 Å². The first kappa shape index (κ1) is 19.4. The lowest BCUT2D eigenvalue weighted by Crippen LogP contribution is -2.41. The third-order valence-corrected chi connectivity index (χ3v) is 6.43. The number of carbonyl (C=O) groups excluding carboxylic acids is 1. The first-order valence-electron chi connectivity index (χ1n) is 10.5. The Bertz CT molecular complexity index is 1080. The van der Waals surface area contributed by atoms with Crippen LogP contribution in [0.15, 0.2) is 78.9 Å². The first-order chi connectivity index (χ1) is 15.1. The van der Waals surface area contributed by atoms with Crippen molar-refractivity contribution in [2.75, 3.05) is 13.2 Å². The van der Waals surface area contributed by atoms with Crippen molar-refractivity contribution < 1.29 is 19.4 Å². The zero-order valence-electron chi connectivity index (χ0n) is 17.0. The van der Waals surface area contributed by atoms with E-state index < -0.39 is 18.1 Å². The summed E-state index contributed by atoms with van der Waals surface area (Å²) in [4.78, 5) is 26.2. The molecule has 1 fully saturated rings. The number of hydrogen-bond acceptors (Lipinski definition) is 3. The van der Waals surface area contributed by atoms with Crippen molar-refractivity contribution in [2.45, 2.75) is 24.3 Å². The molecule has 0 spiro atoms. The molecule has 156 valence electrons. The molecule has 5 heteroatoms. The molecule has 5 rings (SSSR count). The summed E-state index contributed by atoms with van der Waals surface area (Å²) in [5, 5.41) is 9.69. The molecule has 1 saturated heterocycles. The summed E-state index contributed by atoms with van der Waals surface area (Å²) < 4.78 is 5.71. The molecule has 1 aliphatic carbocycles. The zero-order chi connectivity index (χ0) is 21.4. The molecule has 3 aromatic carbocycles. The van der Waals surface area contributed by atoms with Gasteiger partial charge in [0, 0.05) is 18.4 Å². The molecule has 0 bridgehead atoms. The third kappa shape index (κ3) is 3.46. The van der Waals surface area contributed by atoms with Gasteiger partial charge in [-0.05, 0) is 34.2 Å². The predicted octanol–water partition coefficient (Wildman–Crippen LogP) is 4.88. The van der Waals surface area contributed by atoms with Crippen molar-refractivity contribution in [2.24, 2.45) is 0 Å². The monoisotopic (exact) mass is 413 g/mol. The van der Waals surface area contributed by atoms with E-state index in [1.165, 1.54) is 4.90 Å². The number of carboxylic acid groups (broad SMARTS) is 1. The second-order valence-electron chi connectivity index (χ2n) is 8.15. The van der Waals surface area contributed by atoms with E-state index in [2.05, 4.69) is 24.3 Å². The number of benzene rings is 3. The molecule has 1 amide bonds. The minimum atomic E-state index is -0.994. The summed E-state index contributed by atoms with van der Waals surface area (Å²) in [5.74, 6) is -1.05. The number of hydrogen-bond donors (Lipinski definition) is 1. The molecule has 3 aromatic rings. The minimum absolute atomic E-state index is 0.0113. The summed E-state index contributed by atoms with van der Waals surface area (Å²) in [6.45, 7) is 0.531. The second-order valence-corrected chi connectivity index (χ2v) is 8.15. The molecular weight excluding hydrogens is 390 g/mol. The van der Waals surface area contributed by atoms with Crippen LogP contribution in [-0.2, 0) is 9.53 Å². The standard InChI is InChI=1S/C26H23NO4/c28-25(29)24-14-18(17-8-2-1-3-9-17)15-27(24)26(30)31-16-23-21-12-6-4-10-19(21)20-11-5-7-13-22(20)23/h1-13,18,23-24H,14-16H2,(H,28,29). The van der Waals surface area contributed by atoms with Gasteiger partial charge in [-0.2, -0.15) is 0 Å². The number of aliphatic carboxylic acids is 1. The Morgan fingerprint density at radius 3 is 2.06 bits per heavy atom. The number of rotatable bonds is 4. The summed E-state index contributed by atoms with van der Waals surface area (Å²) in [6, 6.07) is 25.2. The molecule has 0 radical (unpaired) electrons. The molecule has 0 saturated carbocycles. The van der Waals surface area contributed by atoms with Crippen LogP contribution in [0.25, 0.3) is 11.1 Å². The Kier molecular flexibility index (Phi) is 4.94. The van der Waals surface area contributed by atoms with Crippen LogP contribution in [0.5, 0.6) is 0 Å². The van der Waals surface area contributed by atoms with Crippen LogP contribution in [-0.4, -0.2) is 41.3 Å². The number of amides is 1. The van der Waals surface area contributed by atoms with Crippen LogP contribution < -0.4 is 0 Å². The Morgan fingerprint density at radius 1 is 0.871 bits per heavy atom. The number of ether oxygens (including phenoxy) is 1. The summed E-state index contributed by atoms with van der Waals surface area (Å²) in [6.07, 6.45) is -0.170. The Balaban J connectivity index is 1.34. The van der Waals surface area contributed by atoms with Crippen molar-refractivity contribution in [1.29, 1.82) is 0 Å². The number of carboxylic acids is 1. The van der Waals surface area contributed by atoms with Crippen LogP contribution in [0, 0.1) is 0 Å². The zero-order valence-corrected chi connectivity index (χ0v) is 17.0. The third-order valence-electron chi connectivity index (χ3n) is 6.43. The fourth-order valence-electron chi connectivity index (χ4n) is 4.92. The molecule has 2 atom stereocenters. The van der Waals surface area contributed by atoms with E-state index in [1.54, 1.807) is 0 Å². The van der Waals surface area contributed by atoms with Gasteiger partial charge in [-0.3, -0.25) is 4.90 Å². The molecule has 31 heavy (non-hydrogen) atoms. The summed E-state index contributed by atoms with van der Waals surface area (Å²) in [7, 11) is 0. The van der Waals surface area contributed by atoms with E-state index in [-0.39, 0.29) is 18.4 Å². The second kappa shape index (κ2) is 7.91. The highest BCUT2D eigenvalue weighted by Gasteiger charge is 2.41. The average Bonchev–Trinajstić information content (AvgIpc) is 3.39. The maximum absolute atomic E-state index is 13.0. The van der Waals surface area contributed by atoms with Gasteiger partial charge in [0.2, 0.25) is 0 Å². The molecule has 2 aliphatic rings. The van der Waals surface area contributed by atoms with Crippen LogP contribution in [0.3, 0.4) is 0 Å². The number of carbonyl (C=O) groups is 2. The highest BCUT2D eigenvalue weighted by molar-refractivity contribution is 5.82. The van der Waals surface area contributed by atoms with Gasteiger partial charge in [0.25, 0.3) is 0 Å². The van der Waals surface area contributed by atoms with E-state index in [9.17, 15) is 14.7 Å². The van der Waals surface area contributed by atoms with Gasteiger partial charge in [0.1, 0.15) is 12.6 Å². The summed E-state index contributed by atoms with van der Waals surface area (Å²) >= 11 is 0. The van der Waals surface area contributed by atoms with E-state index in [0.717, 1.165) is 27.8 Å². The summed E-state index contributed by atoms with van der Waals surface area (Å²) in [5.41, 5.74) is 5.63. The SMILES string of the molecule is O=C(O)C1CC(c2ccccc2)CN1C(=O)OCC1c2ccccc2-c2ccccc21. The van der Waals surface area contributed by atoms with Crippen molar-refractivity contribution in [3.8, 4) is 11.1 Å². The first-order valence-corrected chi connectivity index (χ1v) is 10.5. The number of nitrogens with zero attached hydrogens (tertiary/aromatic N) is 1. The van der Waals surface area contributed by atoms with Gasteiger partial charge < -0.3 is 9.84 Å². The topological polar surface area (TPSA) is 66.8 Å². The lowest BCUT2D eigenvalue weighted by Gasteiger charge is -2.22. The molecule has 5 nitrogen and oxygen atoms in total. The average molecular weight is 413 g/mol. The fourth-order valence-corrected chi connectivity index (χ4v) is 4.92. The lowest BCUT2D eigenvalue weighted by molar-refractivity contribution is -0.141. The van der Waals surface area contributed by atoms with Crippen molar-refractivity contribution in [3.63, 3.8) is 0 Å². The highest BCUT2D eigenvalue weighted by Crippen LogP contribution is 2.44. The van der Waals surface area contributed by atoms with Gasteiger partial charge in [0.15, 0.2) is 0 Å². The quantitative estimate of drug-likeness (QED) is 0.662. The van der Waals surface area contributed by atoms with Crippen LogP contribution in [0.4, 0.5) is 4.79 Å². The molecular formula is C26H23NO4. The van der Waals surface area contributed by atoms with Gasteiger partial charge in [0.05, 0.1) is 0 Å². The smallest absolute Gasteiger partial charge is 0.410 e. The van der Waals surface area contributed by atoms with Crippen LogP contribution in [0.2, 0.25) is 0 Å². The highest BCUT2D eigenvalue weighted by atomic mass is 16.6. The molecule has 1 N–H and O–H groups in total. The molecule has 2 unspecified atom stereocenters. The maximum Gasteiger partial charge on any atom is 0.410 e. The van der Waals surface area contributed by atoms with E-state index in [1.807, 2.05) is 54.6 Å². The molecule has 1 aliphatic heterocycles. The molecule has 0 aromatic heterocycles. The van der Waals surface area contributed by atoms with E-state index in [0.29, 0.717) is 13.0 Å². The van der Waals surface area contributed by atoms with Crippen LogP contribution in [0.1, 0.15) is 34.9 Å². The number of likely N-dealkylation sites (tertiary alicyclic amines) is 1. The van der Waals surface area contributed by atoms with Gasteiger partial charge in [-0.25, -0.2) is 9.59 Å². The maximum atomic E-state index is 13.0. The fraction of sp³-hybridized carbons (Fsp3) is 0.231. The minimum Gasteiger partial charge on any atom is -0.480 e. The van der Waals surface area contributed by atoms with Crippen molar-refractivity contribution in [1.82, 2.24) is 4.90 Å². The predicted molar refractivity (Wildman–Crippen MR) is 117 cm³/mol. The Hall–Kier alpha value is -3.60. The van der Waals surface area contributed by atoms with Gasteiger partial charge in [-0.15, -0.1) is 0 Å². The lowest BCUT2D eigenvalue weighted by atomic mass is 9.96. The Morgan fingerprint density at radius 2 is 1.45 bits per heavy atom. The molecule has 1 heterocycles. The van der Waals surface area contributed by atoms with Crippen molar-refractivity contribution in [3.05, 3.63) is 95.6 Å². The number of fused-ring (bicyclic) bond motifs is 3. The Labute approximate surface area is 180 Å². The normalized spacial score (nSPS) is 19.7. The van der Waals surface area contributed by atoms with E-state index >= 15 is 0 Å². The van der Waals surface area contributed by atoms with E-state index in [4.69, 9.17) is 4.74 Å². The van der Waals surface area contributed by atoms with Gasteiger partial charge in [-0.1, -0.05) is 78.9 Å². The largest absolute Gasteiger partial charge is 0.480 e. The van der Waals surface area contributed by atoms with Gasteiger partial charge >= 0.3 is 12.1 Å².